The smallest absolute Gasteiger partial charge is 0.134 e. The van der Waals surface area contributed by atoms with Crippen LogP contribution in [0, 0.1) is 18.3 Å². The minimum absolute atomic E-state index is 0.499. The first-order valence-corrected chi connectivity index (χ1v) is 5.73. The van der Waals surface area contributed by atoms with Gasteiger partial charge in [-0.2, -0.15) is 5.26 Å². The summed E-state index contributed by atoms with van der Waals surface area (Å²) < 4.78 is 0. The van der Waals surface area contributed by atoms with Crippen LogP contribution < -0.4 is 9.80 Å². The fourth-order valence-electron chi connectivity index (χ4n) is 1.42. The molecule has 0 unspecified atom stereocenters. The fraction of sp³-hybridized carbons (Fsp3) is 0.583. The molecule has 92 valence electrons. The van der Waals surface area contributed by atoms with E-state index in [1.807, 2.05) is 32.0 Å². The average molecular weight is 233 g/mol. The van der Waals surface area contributed by atoms with E-state index in [4.69, 9.17) is 5.26 Å². The van der Waals surface area contributed by atoms with Crippen molar-refractivity contribution in [2.45, 2.75) is 20.3 Å². The number of rotatable bonds is 5. The van der Waals surface area contributed by atoms with Crippen molar-refractivity contribution in [1.29, 1.82) is 5.26 Å². The Morgan fingerprint density at radius 1 is 1.24 bits per heavy atom. The van der Waals surface area contributed by atoms with Crippen molar-refractivity contribution in [3.05, 3.63) is 11.9 Å². The van der Waals surface area contributed by atoms with E-state index < -0.39 is 0 Å². The van der Waals surface area contributed by atoms with Gasteiger partial charge in [0.1, 0.15) is 17.5 Å². The zero-order valence-corrected chi connectivity index (χ0v) is 10.9. The number of anilines is 2. The SMILES string of the molecule is CCN(C)c1cc(N(C)CCC#N)nc(C)n1. The first-order chi connectivity index (χ1) is 8.08. The highest BCUT2D eigenvalue weighted by atomic mass is 15.2. The second-order valence-corrected chi connectivity index (χ2v) is 3.98. The van der Waals surface area contributed by atoms with Crippen LogP contribution in [-0.4, -0.2) is 37.2 Å². The van der Waals surface area contributed by atoms with E-state index in [2.05, 4.69) is 27.9 Å². The molecule has 0 spiro atoms. The summed E-state index contributed by atoms with van der Waals surface area (Å²) in [5.74, 6) is 2.53. The average Bonchev–Trinajstić information content (AvgIpc) is 2.34. The molecular weight excluding hydrogens is 214 g/mol. The number of nitrogens with zero attached hydrogens (tertiary/aromatic N) is 5. The maximum atomic E-state index is 8.58. The zero-order chi connectivity index (χ0) is 12.8. The fourth-order valence-corrected chi connectivity index (χ4v) is 1.42. The standard InChI is InChI=1S/C12H19N5/c1-5-16(3)11-9-12(15-10(2)14-11)17(4)8-6-7-13/h9H,5-6,8H2,1-4H3. The van der Waals surface area contributed by atoms with Crippen molar-refractivity contribution in [1.82, 2.24) is 9.97 Å². The monoisotopic (exact) mass is 233 g/mol. The molecule has 0 N–H and O–H groups in total. The van der Waals surface area contributed by atoms with Crippen molar-refractivity contribution in [3.63, 3.8) is 0 Å². The number of aromatic nitrogens is 2. The summed E-state index contributed by atoms with van der Waals surface area (Å²) in [6.07, 6.45) is 0.499. The van der Waals surface area contributed by atoms with Gasteiger partial charge in [0.2, 0.25) is 0 Å². The summed E-state index contributed by atoms with van der Waals surface area (Å²) in [7, 11) is 3.94. The Labute approximate surface area is 103 Å². The third-order valence-electron chi connectivity index (χ3n) is 2.63. The molecular formula is C12H19N5. The highest BCUT2D eigenvalue weighted by Crippen LogP contribution is 2.17. The minimum Gasteiger partial charge on any atom is -0.360 e. The Bertz CT molecular complexity index is 410. The predicted molar refractivity (Wildman–Crippen MR) is 69.2 cm³/mol. The molecule has 0 aromatic carbocycles. The second-order valence-electron chi connectivity index (χ2n) is 3.98. The number of hydrogen-bond acceptors (Lipinski definition) is 5. The van der Waals surface area contributed by atoms with Gasteiger partial charge >= 0.3 is 0 Å². The molecule has 0 aliphatic heterocycles. The lowest BCUT2D eigenvalue weighted by Crippen LogP contribution is -2.22. The molecule has 0 amide bonds. The van der Waals surface area contributed by atoms with Crippen LogP contribution in [0.2, 0.25) is 0 Å². The van der Waals surface area contributed by atoms with Gasteiger partial charge in [0.15, 0.2) is 0 Å². The first-order valence-electron chi connectivity index (χ1n) is 5.73. The van der Waals surface area contributed by atoms with Crippen LogP contribution in [0.5, 0.6) is 0 Å². The van der Waals surface area contributed by atoms with Crippen LogP contribution in [-0.2, 0) is 0 Å². The van der Waals surface area contributed by atoms with E-state index in [0.29, 0.717) is 13.0 Å². The van der Waals surface area contributed by atoms with E-state index in [9.17, 15) is 0 Å². The first kappa shape index (κ1) is 13.2. The van der Waals surface area contributed by atoms with Crippen molar-refractivity contribution >= 4 is 11.6 Å². The summed E-state index contributed by atoms with van der Waals surface area (Å²) >= 11 is 0. The zero-order valence-electron chi connectivity index (χ0n) is 10.9. The van der Waals surface area contributed by atoms with Gasteiger partial charge in [0.05, 0.1) is 12.5 Å². The van der Waals surface area contributed by atoms with Gasteiger partial charge in [0.25, 0.3) is 0 Å². The molecule has 0 aliphatic carbocycles. The Balaban J connectivity index is 2.93. The van der Waals surface area contributed by atoms with E-state index >= 15 is 0 Å². The molecule has 0 saturated heterocycles. The number of hydrogen-bond donors (Lipinski definition) is 0. The molecule has 0 aliphatic rings. The van der Waals surface area contributed by atoms with Gasteiger partial charge in [-0.05, 0) is 13.8 Å². The normalized spacial score (nSPS) is 9.82. The molecule has 1 aromatic rings. The summed E-state index contributed by atoms with van der Waals surface area (Å²) in [5, 5.41) is 8.58. The Hall–Kier alpha value is -1.83. The largest absolute Gasteiger partial charge is 0.360 e. The van der Waals surface area contributed by atoms with Gasteiger partial charge in [-0.25, -0.2) is 9.97 Å². The summed E-state index contributed by atoms with van der Waals surface area (Å²) in [6, 6.07) is 4.09. The lowest BCUT2D eigenvalue weighted by molar-refractivity contribution is 0.856. The van der Waals surface area contributed by atoms with Crippen molar-refractivity contribution in [3.8, 4) is 6.07 Å². The minimum atomic E-state index is 0.499. The Morgan fingerprint density at radius 2 is 1.82 bits per heavy atom. The molecule has 1 rings (SSSR count). The quantitative estimate of drug-likeness (QED) is 0.773. The molecule has 5 nitrogen and oxygen atoms in total. The van der Waals surface area contributed by atoms with Crippen LogP contribution >= 0.6 is 0 Å². The molecule has 0 fully saturated rings. The van der Waals surface area contributed by atoms with E-state index in [0.717, 1.165) is 24.0 Å². The number of aryl methyl sites for hydroxylation is 1. The maximum absolute atomic E-state index is 8.58. The van der Waals surface area contributed by atoms with Crippen molar-refractivity contribution in [2.24, 2.45) is 0 Å². The molecule has 1 aromatic heterocycles. The summed E-state index contributed by atoms with van der Waals surface area (Å²) in [6.45, 7) is 5.55. The molecule has 17 heavy (non-hydrogen) atoms. The summed E-state index contributed by atoms with van der Waals surface area (Å²) in [5.41, 5.74) is 0. The number of nitriles is 1. The predicted octanol–water partition coefficient (Wildman–Crippen LogP) is 1.59. The lowest BCUT2D eigenvalue weighted by Gasteiger charge is -2.21. The van der Waals surface area contributed by atoms with Gasteiger partial charge in [-0.3, -0.25) is 0 Å². The van der Waals surface area contributed by atoms with Crippen LogP contribution in [0.15, 0.2) is 6.07 Å². The van der Waals surface area contributed by atoms with Gasteiger partial charge in [-0.1, -0.05) is 0 Å². The summed E-state index contributed by atoms with van der Waals surface area (Å²) in [4.78, 5) is 12.8. The Kier molecular flexibility index (Phi) is 4.70. The molecule has 1 heterocycles. The van der Waals surface area contributed by atoms with E-state index in [1.54, 1.807) is 0 Å². The van der Waals surface area contributed by atoms with Crippen LogP contribution in [0.25, 0.3) is 0 Å². The van der Waals surface area contributed by atoms with Crippen LogP contribution in [0.4, 0.5) is 11.6 Å². The molecule has 0 saturated carbocycles. The van der Waals surface area contributed by atoms with E-state index in [1.165, 1.54) is 0 Å². The molecule has 0 atom stereocenters. The van der Waals surface area contributed by atoms with Gasteiger partial charge in [-0.15, -0.1) is 0 Å². The highest BCUT2D eigenvalue weighted by Gasteiger charge is 2.08. The molecule has 0 bridgehead atoms. The maximum Gasteiger partial charge on any atom is 0.134 e. The molecule has 5 heteroatoms. The van der Waals surface area contributed by atoms with Gasteiger partial charge in [0, 0.05) is 33.3 Å². The van der Waals surface area contributed by atoms with Crippen molar-refractivity contribution in [2.75, 3.05) is 37.0 Å². The topological polar surface area (TPSA) is 56.0 Å². The molecule has 0 radical (unpaired) electrons. The van der Waals surface area contributed by atoms with Crippen molar-refractivity contribution < 1.29 is 0 Å². The van der Waals surface area contributed by atoms with Crippen LogP contribution in [0.3, 0.4) is 0 Å². The van der Waals surface area contributed by atoms with Crippen LogP contribution in [0.1, 0.15) is 19.2 Å². The van der Waals surface area contributed by atoms with Gasteiger partial charge < -0.3 is 9.80 Å². The third-order valence-corrected chi connectivity index (χ3v) is 2.63. The Morgan fingerprint density at radius 3 is 2.35 bits per heavy atom. The second kappa shape index (κ2) is 6.04. The third kappa shape index (κ3) is 3.59. The highest BCUT2D eigenvalue weighted by molar-refractivity contribution is 5.50. The lowest BCUT2D eigenvalue weighted by atomic mass is 10.4. The van der Waals surface area contributed by atoms with E-state index in [-0.39, 0.29) is 0 Å².